The molecule has 1 fully saturated rings. The molecule has 0 unspecified atom stereocenters. The van der Waals surface area contributed by atoms with Crippen LogP contribution in [0.3, 0.4) is 0 Å². The molecule has 12 nitrogen and oxygen atoms in total. The number of ether oxygens (including phenoxy) is 4. The van der Waals surface area contributed by atoms with Gasteiger partial charge in [0.25, 0.3) is 10.2 Å². The Balaban J connectivity index is 2.91. The van der Waals surface area contributed by atoms with Gasteiger partial charge in [-0.2, -0.15) is 0 Å². The molecule has 0 spiro atoms. The van der Waals surface area contributed by atoms with Crippen LogP contribution in [-0.2, 0) is 28.6 Å². The molecule has 0 saturated carbocycles. The second-order valence-corrected chi connectivity index (χ2v) is 3.99. The zero-order valence-corrected chi connectivity index (χ0v) is 11.6. The van der Waals surface area contributed by atoms with Crippen molar-refractivity contribution in [2.24, 2.45) is 0 Å². The molecule has 1 rings (SSSR count). The van der Waals surface area contributed by atoms with Gasteiger partial charge in [0.2, 0.25) is 6.29 Å². The lowest BCUT2D eigenvalue weighted by atomic mass is 9.98. The standard InChI is InChI=1S/C9H16N2O10/c1-16-6-5(4-19-10(12)13)20-9(21-11(14)15)8(18-3)7(6)17-2/h5-9H,4H2,1-3H3/t5-,6-,7+,8-,9-/m1/s1. The van der Waals surface area contributed by atoms with Crippen molar-refractivity contribution in [2.45, 2.75) is 30.7 Å². The Kier molecular flexibility index (Phi) is 6.48. The molecule has 12 heteroatoms. The van der Waals surface area contributed by atoms with E-state index in [9.17, 15) is 20.2 Å². The Hall–Kier alpha value is -1.76. The molecule has 0 aliphatic carbocycles. The fraction of sp³-hybridized carbons (Fsp3) is 1.00. The van der Waals surface area contributed by atoms with E-state index >= 15 is 0 Å². The molecule has 0 aromatic heterocycles. The SMILES string of the molecule is CO[C@@H]1[C@@H](OC)[C@@H](O[N+](=O)[O-])O[C@H](CO[N+](=O)[O-])[C@H]1OC. The van der Waals surface area contributed by atoms with E-state index < -0.39 is 47.5 Å². The van der Waals surface area contributed by atoms with Gasteiger partial charge in [-0.3, -0.25) is 4.84 Å². The van der Waals surface area contributed by atoms with Crippen molar-refractivity contribution in [3.63, 3.8) is 0 Å². The van der Waals surface area contributed by atoms with Gasteiger partial charge in [0.05, 0.1) is 0 Å². The predicted molar refractivity (Wildman–Crippen MR) is 62.1 cm³/mol. The van der Waals surface area contributed by atoms with E-state index in [2.05, 4.69) is 9.68 Å². The van der Waals surface area contributed by atoms with Crippen molar-refractivity contribution in [3.05, 3.63) is 20.2 Å². The lowest BCUT2D eigenvalue weighted by Gasteiger charge is -2.43. The van der Waals surface area contributed by atoms with Crippen LogP contribution in [0, 0.1) is 20.2 Å². The minimum absolute atomic E-state index is 0.501. The van der Waals surface area contributed by atoms with Crippen molar-refractivity contribution >= 4 is 0 Å². The first-order valence-corrected chi connectivity index (χ1v) is 5.76. The molecule has 0 N–H and O–H groups in total. The van der Waals surface area contributed by atoms with Crippen molar-refractivity contribution < 1.29 is 38.8 Å². The highest BCUT2D eigenvalue weighted by Gasteiger charge is 2.49. The van der Waals surface area contributed by atoms with Gasteiger partial charge in [0, 0.05) is 21.3 Å². The second kappa shape index (κ2) is 7.87. The molecule has 0 aromatic carbocycles. The number of hydrogen-bond donors (Lipinski definition) is 0. The van der Waals surface area contributed by atoms with Crippen LogP contribution in [0.25, 0.3) is 0 Å². The van der Waals surface area contributed by atoms with Crippen LogP contribution in [0.15, 0.2) is 0 Å². The van der Waals surface area contributed by atoms with E-state index in [1.54, 1.807) is 0 Å². The number of rotatable bonds is 8. The molecule has 0 aromatic rings. The summed E-state index contributed by atoms with van der Waals surface area (Å²) in [4.78, 5) is 29.3. The zero-order chi connectivity index (χ0) is 16.0. The first kappa shape index (κ1) is 17.3. The van der Waals surface area contributed by atoms with E-state index in [0.717, 1.165) is 0 Å². The smallest absolute Gasteiger partial charge is 0.297 e. The van der Waals surface area contributed by atoms with Crippen LogP contribution < -0.4 is 0 Å². The lowest BCUT2D eigenvalue weighted by molar-refractivity contribution is -0.788. The minimum atomic E-state index is -1.43. The van der Waals surface area contributed by atoms with Crippen LogP contribution >= 0.6 is 0 Å². The van der Waals surface area contributed by atoms with E-state index in [1.165, 1.54) is 21.3 Å². The quantitative estimate of drug-likeness (QED) is 0.411. The Morgan fingerprint density at radius 3 is 1.95 bits per heavy atom. The summed E-state index contributed by atoms with van der Waals surface area (Å²) in [5.41, 5.74) is 0. The van der Waals surface area contributed by atoms with Crippen LogP contribution in [0.4, 0.5) is 0 Å². The van der Waals surface area contributed by atoms with Crippen molar-refractivity contribution in [3.8, 4) is 0 Å². The summed E-state index contributed by atoms with van der Waals surface area (Å²) >= 11 is 0. The number of hydrogen-bond acceptors (Lipinski definition) is 10. The molecule has 1 aliphatic heterocycles. The molecule has 122 valence electrons. The predicted octanol–water partition coefficient (Wildman–Crippen LogP) is -0.827. The third kappa shape index (κ3) is 4.35. The average molecular weight is 312 g/mol. The molecule has 1 aliphatic rings. The fourth-order valence-electron chi connectivity index (χ4n) is 2.12. The molecule has 1 saturated heterocycles. The first-order chi connectivity index (χ1) is 9.94. The fourth-order valence-corrected chi connectivity index (χ4v) is 2.12. The summed E-state index contributed by atoms with van der Waals surface area (Å²) in [7, 11) is 3.96. The van der Waals surface area contributed by atoms with Gasteiger partial charge < -0.3 is 23.8 Å². The van der Waals surface area contributed by atoms with Gasteiger partial charge in [-0.15, -0.1) is 20.2 Å². The Morgan fingerprint density at radius 2 is 1.52 bits per heavy atom. The van der Waals surface area contributed by atoms with Gasteiger partial charge in [-0.05, 0) is 0 Å². The van der Waals surface area contributed by atoms with Crippen LogP contribution in [0.2, 0.25) is 0 Å². The maximum Gasteiger partial charge on any atom is 0.297 e. The highest BCUT2D eigenvalue weighted by atomic mass is 17.0. The molecule has 1 heterocycles. The summed E-state index contributed by atoms with van der Waals surface area (Å²) in [6, 6.07) is 0. The van der Waals surface area contributed by atoms with E-state index in [1.807, 2.05) is 0 Å². The normalized spacial score (nSPS) is 32.4. The zero-order valence-electron chi connectivity index (χ0n) is 11.6. The van der Waals surface area contributed by atoms with E-state index in [-0.39, 0.29) is 0 Å². The molecule has 21 heavy (non-hydrogen) atoms. The number of methoxy groups -OCH3 is 3. The van der Waals surface area contributed by atoms with Gasteiger partial charge in [0.15, 0.2) is 0 Å². The molecular formula is C9H16N2O10. The Labute approximate surface area is 119 Å². The summed E-state index contributed by atoms with van der Waals surface area (Å²) in [5.74, 6) is 0. The van der Waals surface area contributed by atoms with E-state index in [4.69, 9.17) is 18.9 Å². The molecule has 0 radical (unpaired) electrons. The average Bonchev–Trinajstić information content (AvgIpc) is 2.43. The largest absolute Gasteiger partial charge is 0.376 e. The molecule has 0 amide bonds. The lowest BCUT2D eigenvalue weighted by Crippen LogP contribution is -2.61. The van der Waals surface area contributed by atoms with E-state index in [0.29, 0.717) is 0 Å². The van der Waals surface area contributed by atoms with Gasteiger partial charge in [0.1, 0.15) is 31.0 Å². The van der Waals surface area contributed by atoms with Gasteiger partial charge in [-0.1, -0.05) is 0 Å². The van der Waals surface area contributed by atoms with Crippen LogP contribution in [0.1, 0.15) is 0 Å². The first-order valence-electron chi connectivity index (χ1n) is 5.76. The Bertz CT molecular complexity index is 366. The second-order valence-electron chi connectivity index (χ2n) is 3.99. The van der Waals surface area contributed by atoms with Crippen molar-refractivity contribution in [1.29, 1.82) is 0 Å². The molecule has 5 atom stereocenters. The van der Waals surface area contributed by atoms with Crippen LogP contribution in [-0.4, -0.2) is 68.8 Å². The molecule has 0 bridgehead atoms. The summed E-state index contributed by atoms with van der Waals surface area (Å²) in [5, 5.41) is 18.7. The Morgan fingerprint density at radius 1 is 0.952 bits per heavy atom. The van der Waals surface area contributed by atoms with Gasteiger partial charge >= 0.3 is 0 Å². The maximum absolute atomic E-state index is 10.5. The van der Waals surface area contributed by atoms with Crippen molar-refractivity contribution in [2.75, 3.05) is 27.9 Å². The highest BCUT2D eigenvalue weighted by Crippen LogP contribution is 2.28. The van der Waals surface area contributed by atoms with Crippen LogP contribution in [0.5, 0.6) is 0 Å². The monoisotopic (exact) mass is 312 g/mol. The summed E-state index contributed by atoms with van der Waals surface area (Å²) in [6.07, 6.45) is -5.01. The molecular weight excluding hydrogens is 296 g/mol. The minimum Gasteiger partial charge on any atom is -0.376 e. The number of nitrogens with zero attached hydrogens (tertiary/aromatic N) is 2. The maximum atomic E-state index is 10.5. The van der Waals surface area contributed by atoms with Crippen molar-refractivity contribution in [1.82, 2.24) is 0 Å². The highest BCUT2D eigenvalue weighted by molar-refractivity contribution is 4.91. The third-order valence-corrected chi connectivity index (χ3v) is 2.94. The topological polar surface area (TPSA) is 142 Å². The summed E-state index contributed by atoms with van der Waals surface area (Å²) < 4.78 is 20.7. The summed E-state index contributed by atoms with van der Waals surface area (Å²) in [6.45, 7) is -0.501. The van der Waals surface area contributed by atoms with Gasteiger partial charge in [-0.25, -0.2) is 0 Å². The third-order valence-electron chi connectivity index (χ3n) is 2.94.